The van der Waals surface area contributed by atoms with Crippen LogP contribution in [0.15, 0.2) is 24.3 Å². The maximum Gasteiger partial charge on any atom is 0.321 e. The molecule has 1 saturated heterocycles. The Morgan fingerprint density at radius 2 is 1.93 bits per heavy atom. The van der Waals surface area contributed by atoms with Gasteiger partial charge in [-0.05, 0) is 38.8 Å². The van der Waals surface area contributed by atoms with Gasteiger partial charge >= 0.3 is 6.03 Å². The van der Waals surface area contributed by atoms with E-state index in [1.165, 1.54) is 0 Å². The van der Waals surface area contributed by atoms with Crippen molar-refractivity contribution in [1.29, 1.82) is 0 Å². The third kappa shape index (κ3) is 4.82. The highest BCUT2D eigenvalue weighted by atomic mass is 16.5. The molecule has 1 fully saturated rings. The molecule has 8 heteroatoms. The topological polar surface area (TPSA) is 85.8 Å². The van der Waals surface area contributed by atoms with Crippen LogP contribution in [-0.2, 0) is 0 Å². The summed E-state index contributed by atoms with van der Waals surface area (Å²) >= 11 is 0. The summed E-state index contributed by atoms with van der Waals surface area (Å²) < 4.78 is 16.5. The van der Waals surface area contributed by atoms with Gasteiger partial charge in [0.2, 0.25) is 5.88 Å². The number of methoxy groups -OCH3 is 2. The lowest BCUT2D eigenvalue weighted by molar-refractivity contribution is 0.102. The van der Waals surface area contributed by atoms with Crippen LogP contribution in [0.2, 0.25) is 0 Å². The number of urea groups is 1. The van der Waals surface area contributed by atoms with Crippen molar-refractivity contribution in [2.45, 2.75) is 32.8 Å². The van der Waals surface area contributed by atoms with Crippen molar-refractivity contribution >= 4 is 11.7 Å². The number of nitrogens with one attached hydrogen (secondary N) is 1. The van der Waals surface area contributed by atoms with E-state index in [2.05, 4.69) is 15.3 Å². The van der Waals surface area contributed by atoms with Crippen LogP contribution in [0, 0.1) is 13.8 Å². The molecule has 1 aliphatic heterocycles. The predicted molar refractivity (Wildman–Crippen MR) is 105 cm³/mol. The number of hydrogen-bond donors (Lipinski definition) is 1. The molecule has 1 aromatic heterocycles. The number of benzene rings is 1. The van der Waals surface area contributed by atoms with Gasteiger partial charge in [0.1, 0.15) is 11.9 Å². The van der Waals surface area contributed by atoms with E-state index in [0.717, 1.165) is 18.5 Å². The third-order valence-corrected chi connectivity index (χ3v) is 4.53. The number of carbonyl (C=O) groups is 1. The highest BCUT2D eigenvalue weighted by Crippen LogP contribution is 2.30. The maximum absolute atomic E-state index is 12.7. The summed E-state index contributed by atoms with van der Waals surface area (Å²) in [5.74, 6) is 2.41. The smallest absolute Gasteiger partial charge is 0.321 e. The van der Waals surface area contributed by atoms with E-state index >= 15 is 0 Å². The Balaban J connectivity index is 1.62. The second kappa shape index (κ2) is 8.77. The van der Waals surface area contributed by atoms with E-state index in [9.17, 15) is 4.79 Å². The summed E-state index contributed by atoms with van der Waals surface area (Å²) in [4.78, 5) is 23.0. The summed E-state index contributed by atoms with van der Waals surface area (Å²) in [6, 6.07) is 6.92. The summed E-state index contributed by atoms with van der Waals surface area (Å²) in [6.07, 6.45) is 1.65. The fraction of sp³-hybridized carbons (Fsp3) is 0.450. The Bertz CT molecular complexity index is 823. The molecule has 1 aliphatic rings. The van der Waals surface area contributed by atoms with Gasteiger partial charge in [-0.3, -0.25) is 0 Å². The molecular formula is C20H26N4O4. The minimum absolute atomic E-state index is 0.0985. The first-order valence-corrected chi connectivity index (χ1v) is 9.25. The molecule has 1 atom stereocenters. The van der Waals surface area contributed by atoms with Gasteiger partial charge in [-0.25, -0.2) is 9.78 Å². The fourth-order valence-corrected chi connectivity index (χ4v) is 3.25. The fourth-order valence-electron chi connectivity index (χ4n) is 3.25. The first kappa shape index (κ1) is 19.7. The van der Waals surface area contributed by atoms with Crippen LogP contribution < -0.4 is 19.5 Å². The molecule has 0 aliphatic carbocycles. The Kier molecular flexibility index (Phi) is 6.18. The van der Waals surface area contributed by atoms with Crippen molar-refractivity contribution in [3.63, 3.8) is 0 Å². The Morgan fingerprint density at radius 1 is 1.14 bits per heavy atom. The van der Waals surface area contributed by atoms with E-state index in [4.69, 9.17) is 14.2 Å². The molecule has 3 rings (SSSR count). The van der Waals surface area contributed by atoms with Gasteiger partial charge in [0.15, 0.2) is 11.5 Å². The molecule has 1 aromatic carbocycles. The minimum Gasteiger partial charge on any atom is -0.493 e. The third-order valence-electron chi connectivity index (χ3n) is 4.53. The molecule has 0 bridgehead atoms. The number of aromatic nitrogens is 2. The monoisotopic (exact) mass is 386 g/mol. The summed E-state index contributed by atoms with van der Waals surface area (Å²) in [6.45, 7) is 4.93. The average molecular weight is 386 g/mol. The number of nitrogens with zero attached hydrogens (tertiary/aromatic N) is 3. The molecule has 150 valence electrons. The number of piperidine rings is 1. The molecule has 8 nitrogen and oxygen atoms in total. The first-order valence-electron chi connectivity index (χ1n) is 9.25. The number of hydrogen-bond acceptors (Lipinski definition) is 6. The van der Waals surface area contributed by atoms with Gasteiger partial charge in [-0.15, -0.1) is 0 Å². The number of ether oxygens (including phenoxy) is 3. The van der Waals surface area contributed by atoms with E-state index < -0.39 is 0 Å². The van der Waals surface area contributed by atoms with Gasteiger partial charge in [-0.2, -0.15) is 4.98 Å². The van der Waals surface area contributed by atoms with Gasteiger partial charge in [0.05, 0.1) is 20.8 Å². The maximum atomic E-state index is 12.7. The van der Waals surface area contributed by atoms with Crippen molar-refractivity contribution in [1.82, 2.24) is 14.9 Å². The zero-order valence-corrected chi connectivity index (χ0v) is 16.7. The molecule has 28 heavy (non-hydrogen) atoms. The molecular weight excluding hydrogens is 360 g/mol. The van der Waals surface area contributed by atoms with E-state index in [0.29, 0.717) is 42.0 Å². The zero-order valence-electron chi connectivity index (χ0n) is 16.7. The molecule has 0 saturated carbocycles. The van der Waals surface area contributed by atoms with Crippen molar-refractivity contribution in [3.05, 3.63) is 35.8 Å². The predicted octanol–water partition coefficient (Wildman–Crippen LogP) is 3.19. The SMILES string of the molecule is COc1ccc(NC(=O)N2CCCC(Oc3cc(C)nc(C)n3)C2)cc1OC. The number of anilines is 1. The van der Waals surface area contributed by atoms with E-state index in [-0.39, 0.29) is 12.1 Å². The zero-order chi connectivity index (χ0) is 20.1. The van der Waals surface area contributed by atoms with Crippen LogP contribution in [-0.4, -0.2) is 54.3 Å². The quantitative estimate of drug-likeness (QED) is 0.849. The van der Waals surface area contributed by atoms with Crippen molar-refractivity contribution in [2.75, 3.05) is 32.6 Å². The van der Waals surface area contributed by atoms with Crippen molar-refractivity contribution in [3.8, 4) is 17.4 Å². The molecule has 2 aromatic rings. The average Bonchev–Trinajstić information content (AvgIpc) is 2.67. The van der Waals surface area contributed by atoms with Gasteiger partial charge in [0, 0.05) is 30.1 Å². The van der Waals surface area contributed by atoms with Gasteiger partial charge in [-0.1, -0.05) is 0 Å². The molecule has 0 radical (unpaired) electrons. The van der Waals surface area contributed by atoms with Crippen LogP contribution in [0.4, 0.5) is 10.5 Å². The van der Waals surface area contributed by atoms with E-state index in [1.54, 1.807) is 37.3 Å². The Labute approximate surface area is 164 Å². The number of carbonyl (C=O) groups excluding carboxylic acids is 1. The minimum atomic E-state index is -0.171. The van der Waals surface area contributed by atoms with Crippen LogP contribution in [0.3, 0.4) is 0 Å². The first-order chi connectivity index (χ1) is 13.5. The Morgan fingerprint density at radius 3 is 2.64 bits per heavy atom. The molecule has 0 spiro atoms. The second-order valence-electron chi connectivity index (χ2n) is 6.72. The lowest BCUT2D eigenvalue weighted by Gasteiger charge is -2.32. The van der Waals surface area contributed by atoms with Crippen LogP contribution in [0.5, 0.6) is 17.4 Å². The number of amides is 2. The van der Waals surface area contributed by atoms with Crippen LogP contribution in [0.25, 0.3) is 0 Å². The molecule has 1 N–H and O–H groups in total. The number of rotatable bonds is 5. The van der Waals surface area contributed by atoms with Crippen LogP contribution >= 0.6 is 0 Å². The second-order valence-corrected chi connectivity index (χ2v) is 6.72. The summed E-state index contributed by atoms with van der Waals surface area (Å²) in [5.41, 5.74) is 1.51. The normalized spacial score (nSPS) is 16.4. The van der Waals surface area contributed by atoms with Crippen molar-refractivity contribution in [2.24, 2.45) is 0 Å². The number of likely N-dealkylation sites (tertiary alicyclic amines) is 1. The lowest BCUT2D eigenvalue weighted by Crippen LogP contribution is -2.46. The number of aryl methyl sites for hydroxylation is 2. The van der Waals surface area contributed by atoms with Crippen molar-refractivity contribution < 1.29 is 19.0 Å². The lowest BCUT2D eigenvalue weighted by atomic mass is 10.1. The molecule has 1 unspecified atom stereocenters. The summed E-state index contributed by atoms with van der Waals surface area (Å²) in [7, 11) is 3.14. The van der Waals surface area contributed by atoms with Crippen LogP contribution in [0.1, 0.15) is 24.4 Å². The Hall–Kier alpha value is -3.03. The van der Waals surface area contributed by atoms with E-state index in [1.807, 2.05) is 19.9 Å². The molecule has 2 amide bonds. The largest absolute Gasteiger partial charge is 0.493 e. The van der Waals surface area contributed by atoms with Gasteiger partial charge < -0.3 is 24.4 Å². The summed E-state index contributed by atoms with van der Waals surface area (Å²) in [5, 5.41) is 2.91. The highest BCUT2D eigenvalue weighted by Gasteiger charge is 2.25. The highest BCUT2D eigenvalue weighted by molar-refractivity contribution is 5.89. The molecule has 2 heterocycles. The van der Waals surface area contributed by atoms with Gasteiger partial charge in [0.25, 0.3) is 0 Å². The standard InChI is InChI=1S/C20H26N4O4/c1-13-10-19(22-14(2)21-13)28-16-6-5-9-24(12-16)20(25)23-15-7-8-17(26-3)18(11-15)27-4/h7-8,10-11,16H,5-6,9,12H2,1-4H3,(H,23,25).